The molecule has 8 heteroatoms. The summed E-state index contributed by atoms with van der Waals surface area (Å²) in [5.41, 5.74) is -0.178. The topological polar surface area (TPSA) is 91.4 Å². The zero-order valence-electron chi connectivity index (χ0n) is 16.2. The molecule has 0 unspecified atom stereocenters. The number of hydrogen-bond acceptors (Lipinski definition) is 7. The number of ether oxygens (including phenoxy) is 4. The molecule has 0 aliphatic carbocycles. The van der Waals surface area contributed by atoms with Crippen molar-refractivity contribution in [1.82, 2.24) is 0 Å². The summed E-state index contributed by atoms with van der Waals surface area (Å²) in [5.74, 6) is -1.36. The Hall–Kier alpha value is -2.61. The van der Waals surface area contributed by atoms with E-state index in [9.17, 15) is 14.4 Å². The third-order valence-corrected chi connectivity index (χ3v) is 3.71. The number of anilines is 1. The van der Waals surface area contributed by atoms with Crippen LogP contribution in [0.4, 0.5) is 5.69 Å². The molecule has 148 valence electrons. The van der Waals surface area contributed by atoms with E-state index >= 15 is 0 Å². The van der Waals surface area contributed by atoms with E-state index in [-0.39, 0.29) is 6.61 Å². The molecule has 0 N–H and O–H groups in total. The number of methoxy groups -OCH3 is 1. The summed E-state index contributed by atoms with van der Waals surface area (Å²) in [4.78, 5) is 38.4. The summed E-state index contributed by atoms with van der Waals surface area (Å²) in [7, 11) is 1.55. The van der Waals surface area contributed by atoms with Crippen LogP contribution in [-0.2, 0) is 28.6 Å². The van der Waals surface area contributed by atoms with Gasteiger partial charge in [-0.2, -0.15) is 0 Å². The Morgan fingerprint density at radius 2 is 1.85 bits per heavy atom. The fourth-order valence-corrected chi connectivity index (χ4v) is 2.61. The Morgan fingerprint density at radius 3 is 2.37 bits per heavy atom. The van der Waals surface area contributed by atoms with Crippen molar-refractivity contribution in [3.05, 3.63) is 24.3 Å². The minimum absolute atomic E-state index is 0.184. The summed E-state index contributed by atoms with van der Waals surface area (Å²) in [5, 5.41) is 0. The highest BCUT2D eigenvalue weighted by atomic mass is 16.6. The van der Waals surface area contributed by atoms with Gasteiger partial charge in [0.05, 0.1) is 13.7 Å². The lowest BCUT2D eigenvalue weighted by Gasteiger charge is -2.35. The average Bonchev–Trinajstić information content (AvgIpc) is 2.58. The molecular formula is C19H25NO7. The van der Waals surface area contributed by atoms with Crippen molar-refractivity contribution in [1.29, 1.82) is 0 Å². The number of benzene rings is 1. The molecule has 1 aliphatic rings. The summed E-state index contributed by atoms with van der Waals surface area (Å²) >= 11 is 0. The van der Waals surface area contributed by atoms with E-state index in [1.165, 1.54) is 4.90 Å². The van der Waals surface area contributed by atoms with Crippen LogP contribution in [-0.4, -0.2) is 55.9 Å². The second kappa shape index (κ2) is 8.39. The van der Waals surface area contributed by atoms with Gasteiger partial charge in [-0.15, -0.1) is 0 Å². The number of esters is 2. The first-order valence-corrected chi connectivity index (χ1v) is 8.59. The lowest BCUT2D eigenvalue weighted by molar-refractivity contribution is -0.188. The third kappa shape index (κ3) is 5.43. The first-order chi connectivity index (χ1) is 12.6. The lowest BCUT2D eigenvalue weighted by Crippen LogP contribution is -2.56. The van der Waals surface area contributed by atoms with Crippen LogP contribution in [0.2, 0.25) is 0 Å². The molecule has 1 aromatic rings. The van der Waals surface area contributed by atoms with Crippen molar-refractivity contribution < 1.29 is 33.3 Å². The normalized spacial score (nSPS) is 18.6. The summed E-state index contributed by atoms with van der Waals surface area (Å²) in [6, 6.07) is 6.91. The molecule has 0 spiro atoms. The molecule has 0 saturated carbocycles. The van der Waals surface area contributed by atoms with E-state index < -0.39 is 35.7 Å². The van der Waals surface area contributed by atoms with Crippen LogP contribution in [0.3, 0.4) is 0 Å². The monoisotopic (exact) mass is 379 g/mol. The first-order valence-electron chi connectivity index (χ1n) is 8.59. The van der Waals surface area contributed by atoms with Crippen molar-refractivity contribution >= 4 is 23.5 Å². The molecule has 1 amide bonds. The molecule has 1 saturated heterocycles. The molecule has 8 nitrogen and oxygen atoms in total. The largest absolute Gasteiger partial charge is 0.497 e. The van der Waals surface area contributed by atoms with Gasteiger partial charge in [0.2, 0.25) is 6.10 Å². The van der Waals surface area contributed by atoms with Gasteiger partial charge in [0.1, 0.15) is 11.4 Å². The maximum atomic E-state index is 12.9. The summed E-state index contributed by atoms with van der Waals surface area (Å²) in [6.07, 6.45) is -2.75. The number of amides is 1. The summed E-state index contributed by atoms with van der Waals surface area (Å²) in [6.45, 7) is 6.70. The van der Waals surface area contributed by atoms with E-state index in [1.54, 1.807) is 52.1 Å². The van der Waals surface area contributed by atoms with Crippen LogP contribution < -0.4 is 9.64 Å². The van der Waals surface area contributed by atoms with E-state index in [0.717, 1.165) is 6.92 Å². The van der Waals surface area contributed by atoms with E-state index in [1.807, 2.05) is 0 Å². The van der Waals surface area contributed by atoms with Crippen molar-refractivity contribution in [2.75, 3.05) is 25.2 Å². The molecule has 0 bridgehead atoms. The Bertz CT molecular complexity index is 693. The second-order valence-electron chi connectivity index (χ2n) is 7.04. The molecule has 1 aromatic carbocycles. The highest BCUT2D eigenvalue weighted by molar-refractivity contribution is 6.00. The predicted octanol–water partition coefficient (Wildman–Crippen LogP) is 1.70. The van der Waals surface area contributed by atoms with Crippen LogP contribution in [0.1, 0.15) is 27.7 Å². The Kier molecular flexibility index (Phi) is 6.43. The minimum Gasteiger partial charge on any atom is -0.497 e. The van der Waals surface area contributed by atoms with Crippen molar-refractivity contribution in [3.63, 3.8) is 0 Å². The van der Waals surface area contributed by atoms with Gasteiger partial charge in [0, 0.05) is 19.2 Å². The number of rotatable bonds is 5. The fraction of sp³-hybridized carbons (Fsp3) is 0.526. The van der Waals surface area contributed by atoms with Crippen LogP contribution in [0.25, 0.3) is 0 Å². The predicted molar refractivity (Wildman–Crippen MR) is 96.5 cm³/mol. The number of carbonyl (C=O) groups excluding carboxylic acids is 3. The zero-order valence-corrected chi connectivity index (χ0v) is 16.2. The Labute approximate surface area is 158 Å². The fourth-order valence-electron chi connectivity index (χ4n) is 2.61. The highest BCUT2D eigenvalue weighted by Crippen LogP contribution is 2.25. The van der Waals surface area contributed by atoms with Crippen molar-refractivity contribution in [2.24, 2.45) is 0 Å². The zero-order chi connectivity index (χ0) is 20.2. The van der Waals surface area contributed by atoms with Crippen LogP contribution in [0.5, 0.6) is 5.75 Å². The van der Waals surface area contributed by atoms with E-state index in [0.29, 0.717) is 18.0 Å². The lowest BCUT2D eigenvalue weighted by atomic mass is 10.1. The molecule has 2 rings (SSSR count). The second-order valence-corrected chi connectivity index (χ2v) is 7.04. The van der Waals surface area contributed by atoms with Crippen molar-refractivity contribution in [3.8, 4) is 5.75 Å². The first kappa shape index (κ1) is 20.7. The van der Waals surface area contributed by atoms with Gasteiger partial charge in [-0.05, 0) is 45.0 Å². The van der Waals surface area contributed by atoms with Crippen LogP contribution in [0, 0.1) is 0 Å². The quantitative estimate of drug-likeness (QED) is 0.719. The van der Waals surface area contributed by atoms with Gasteiger partial charge >= 0.3 is 11.9 Å². The van der Waals surface area contributed by atoms with Crippen molar-refractivity contribution in [2.45, 2.75) is 45.5 Å². The van der Waals surface area contributed by atoms with Gasteiger partial charge < -0.3 is 23.8 Å². The minimum atomic E-state index is -1.48. The highest BCUT2D eigenvalue weighted by Gasteiger charge is 2.44. The molecule has 2 atom stereocenters. The van der Waals surface area contributed by atoms with Crippen LogP contribution >= 0.6 is 0 Å². The summed E-state index contributed by atoms with van der Waals surface area (Å²) < 4.78 is 21.0. The van der Waals surface area contributed by atoms with E-state index in [4.69, 9.17) is 18.9 Å². The number of morpholine rings is 1. The SMILES string of the molecule is COc1ccc(N2CCO[C@H]([C@@H](OC(C)=O)C(=O)OC(C)(C)C)C2=O)cc1. The Balaban J connectivity index is 2.25. The van der Waals surface area contributed by atoms with Gasteiger partial charge in [-0.3, -0.25) is 9.59 Å². The maximum Gasteiger partial charge on any atom is 0.351 e. The standard InChI is InChI=1S/C19H25NO7/c1-12(21)26-16(18(23)27-19(2,3)4)15-17(22)20(10-11-25-15)13-6-8-14(24-5)9-7-13/h6-9,15-16H,10-11H2,1-5H3/t15-,16-/m1/s1. The number of nitrogens with zero attached hydrogens (tertiary/aromatic N) is 1. The van der Waals surface area contributed by atoms with Gasteiger partial charge in [0.15, 0.2) is 6.10 Å². The Morgan fingerprint density at radius 1 is 1.22 bits per heavy atom. The molecular weight excluding hydrogens is 354 g/mol. The smallest absolute Gasteiger partial charge is 0.351 e. The molecule has 27 heavy (non-hydrogen) atoms. The molecule has 1 heterocycles. The van der Waals surface area contributed by atoms with Gasteiger partial charge in [0.25, 0.3) is 5.91 Å². The average molecular weight is 379 g/mol. The molecule has 1 fully saturated rings. The maximum absolute atomic E-state index is 12.9. The molecule has 1 aliphatic heterocycles. The van der Waals surface area contributed by atoms with Gasteiger partial charge in [-0.1, -0.05) is 0 Å². The molecule has 0 aromatic heterocycles. The van der Waals surface area contributed by atoms with E-state index in [2.05, 4.69) is 0 Å². The third-order valence-electron chi connectivity index (χ3n) is 3.71. The molecule has 0 radical (unpaired) electrons. The van der Waals surface area contributed by atoms with Crippen LogP contribution in [0.15, 0.2) is 24.3 Å². The van der Waals surface area contributed by atoms with Gasteiger partial charge in [-0.25, -0.2) is 4.79 Å². The number of carbonyl (C=O) groups is 3. The number of hydrogen-bond donors (Lipinski definition) is 0.